The Morgan fingerprint density at radius 1 is 0.380 bits per heavy atom. The summed E-state index contributed by atoms with van der Waals surface area (Å²) in [6.07, 6.45) is 0. The van der Waals surface area contributed by atoms with Crippen molar-refractivity contribution in [3.05, 3.63) is 158 Å². The molecule has 0 aliphatic carbocycles. The summed E-state index contributed by atoms with van der Waals surface area (Å²) in [7, 11) is 0. The van der Waals surface area contributed by atoms with Gasteiger partial charge in [-0.3, -0.25) is 0 Å². The van der Waals surface area contributed by atoms with Crippen LogP contribution >= 0.6 is 11.3 Å². The van der Waals surface area contributed by atoms with Gasteiger partial charge in [-0.05, 0) is 47.5 Å². The molecule has 0 atom stereocenters. The molecule has 5 heteroatoms. The molecule has 0 saturated carbocycles. The van der Waals surface area contributed by atoms with Gasteiger partial charge in [0.05, 0.1) is 16.6 Å². The summed E-state index contributed by atoms with van der Waals surface area (Å²) >= 11 is 1.90. The maximum Gasteiger partial charge on any atom is 0.164 e. The predicted molar refractivity (Wildman–Crippen MR) is 209 cm³/mol. The second kappa shape index (κ2) is 10.5. The third kappa shape index (κ3) is 4.01. The molecular weight excluding hydrogens is 629 g/mol. The van der Waals surface area contributed by atoms with E-state index >= 15 is 0 Å². The lowest BCUT2D eigenvalue weighted by molar-refractivity contribution is 1.07. The maximum atomic E-state index is 4.99. The quantitative estimate of drug-likeness (QED) is 0.190. The molecule has 0 saturated heterocycles. The molecule has 0 spiro atoms. The monoisotopic (exact) mass is 654 g/mol. The minimum absolute atomic E-state index is 0.652. The molecule has 0 radical (unpaired) electrons. The Bertz CT molecular complexity index is 3030. The molecule has 0 aliphatic heterocycles. The first kappa shape index (κ1) is 27.5. The van der Waals surface area contributed by atoms with Crippen molar-refractivity contribution >= 4 is 69.6 Å². The number of thiophene rings is 1. The van der Waals surface area contributed by atoms with Gasteiger partial charge in [-0.15, -0.1) is 11.3 Å². The van der Waals surface area contributed by atoms with Gasteiger partial charge in [-0.1, -0.05) is 121 Å². The summed E-state index contributed by atoms with van der Waals surface area (Å²) in [5.41, 5.74) is 8.93. The average Bonchev–Trinajstić information content (AvgIpc) is 3.85. The first-order valence-corrected chi connectivity index (χ1v) is 17.6. The molecule has 0 N–H and O–H groups in total. The van der Waals surface area contributed by atoms with E-state index in [9.17, 15) is 0 Å². The zero-order valence-electron chi connectivity index (χ0n) is 26.7. The maximum absolute atomic E-state index is 4.99. The van der Waals surface area contributed by atoms with Crippen molar-refractivity contribution in [2.24, 2.45) is 0 Å². The lowest BCUT2D eigenvalue weighted by Gasteiger charge is -2.10. The van der Waals surface area contributed by atoms with Gasteiger partial charge in [-0.2, -0.15) is 0 Å². The van der Waals surface area contributed by atoms with Gasteiger partial charge < -0.3 is 4.40 Å². The standard InChI is InChI=1S/C45H26N4S/c1-3-12-27(13-4-1)43-46-44(28-14-5-2-6-15-28)48-45(47-43)31-17-11-16-29(24-31)30-22-23-38-34(25-30)35-26-36-32-18-8-10-21-39(32)50-42(36)40-33-19-7-9-20-37(33)49(38)41(35)40/h1-26H. The Morgan fingerprint density at radius 3 is 1.72 bits per heavy atom. The summed E-state index contributed by atoms with van der Waals surface area (Å²) in [5, 5.41) is 7.86. The van der Waals surface area contributed by atoms with Crippen LogP contribution in [0.25, 0.3) is 104 Å². The molecule has 50 heavy (non-hydrogen) atoms. The number of fused-ring (bicyclic) bond motifs is 10. The van der Waals surface area contributed by atoms with E-state index < -0.39 is 0 Å². The van der Waals surface area contributed by atoms with E-state index in [1.807, 2.05) is 72.0 Å². The minimum Gasteiger partial charge on any atom is -0.308 e. The van der Waals surface area contributed by atoms with E-state index in [4.69, 9.17) is 15.0 Å². The van der Waals surface area contributed by atoms with E-state index in [1.54, 1.807) is 0 Å². The van der Waals surface area contributed by atoms with E-state index in [2.05, 4.69) is 101 Å². The SMILES string of the molecule is c1ccc(-c2nc(-c3ccccc3)nc(-c3cccc(-c4ccc5c(c4)c4cc6c7ccccc7sc6c6c7ccccc7n5c46)c3)n2)cc1. The molecule has 11 rings (SSSR count). The first-order valence-electron chi connectivity index (χ1n) is 16.8. The van der Waals surface area contributed by atoms with Gasteiger partial charge in [0.1, 0.15) is 0 Å². The van der Waals surface area contributed by atoms with Crippen LogP contribution in [0.1, 0.15) is 0 Å². The van der Waals surface area contributed by atoms with Crippen LogP contribution < -0.4 is 0 Å². The van der Waals surface area contributed by atoms with Gasteiger partial charge in [0.15, 0.2) is 17.5 Å². The molecule has 11 aromatic rings. The number of aromatic nitrogens is 4. The van der Waals surface area contributed by atoms with Crippen LogP contribution in [0.15, 0.2) is 158 Å². The topological polar surface area (TPSA) is 43.1 Å². The van der Waals surface area contributed by atoms with Gasteiger partial charge >= 0.3 is 0 Å². The molecule has 0 amide bonds. The van der Waals surface area contributed by atoms with Crippen LogP contribution in [-0.2, 0) is 0 Å². The molecule has 0 bridgehead atoms. The summed E-state index contributed by atoms with van der Waals surface area (Å²) in [6.45, 7) is 0. The Balaban J connectivity index is 1.12. The van der Waals surface area contributed by atoms with Crippen molar-refractivity contribution in [3.63, 3.8) is 0 Å². The zero-order valence-corrected chi connectivity index (χ0v) is 27.5. The fraction of sp³-hybridized carbons (Fsp3) is 0. The summed E-state index contributed by atoms with van der Waals surface area (Å²) in [4.78, 5) is 14.9. The number of rotatable bonds is 4. The Kier molecular flexibility index (Phi) is 5.80. The Morgan fingerprint density at radius 2 is 0.960 bits per heavy atom. The van der Waals surface area contributed by atoms with Gasteiger partial charge in [0.25, 0.3) is 0 Å². The van der Waals surface area contributed by atoms with Crippen LogP contribution in [0.5, 0.6) is 0 Å². The summed E-state index contributed by atoms with van der Waals surface area (Å²) in [6, 6.07) is 55.8. The van der Waals surface area contributed by atoms with E-state index in [0.717, 1.165) is 27.8 Å². The Hall–Kier alpha value is -6.43. The minimum atomic E-state index is 0.652. The average molecular weight is 655 g/mol. The highest BCUT2D eigenvalue weighted by Crippen LogP contribution is 2.48. The third-order valence-electron chi connectivity index (χ3n) is 9.96. The van der Waals surface area contributed by atoms with E-state index in [0.29, 0.717) is 17.5 Å². The molecule has 0 unspecified atom stereocenters. The smallest absolute Gasteiger partial charge is 0.164 e. The zero-order chi connectivity index (χ0) is 32.8. The molecular formula is C45H26N4S. The fourth-order valence-corrected chi connectivity index (χ4v) is 8.93. The number of hydrogen-bond acceptors (Lipinski definition) is 4. The normalized spacial score (nSPS) is 12.0. The van der Waals surface area contributed by atoms with Crippen molar-refractivity contribution in [3.8, 4) is 45.3 Å². The van der Waals surface area contributed by atoms with Crippen molar-refractivity contribution in [2.45, 2.75) is 0 Å². The highest BCUT2D eigenvalue weighted by atomic mass is 32.1. The van der Waals surface area contributed by atoms with Crippen LogP contribution in [0, 0.1) is 0 Å². The van der Waals surface area contributed by atoms with E-state index in [1.165, 1.54) is 58.3 Å². The fourth-order valence-electron chi connectivity index (χ4n) is 7.69. The Labute approximate surface area is 290 Å². The predicted octanol–water partition coefficient (Wildman–Crippen LogP) is 12.1. The van der Waals surface area contributed by atoms with Crippen LogP contribution in [0.2, 0.25) is 0 Å². The first-order chi connectivity index (χ1) is 24.8. The van der Waals surface area contributed by atoms with Gasteiger partial charge in [-0.25, -0.2) is 15.0 Å². The molecule has 232 valence electrons. The highest BCUT2D eigenvalue weighted by molar-refractivity contribution is 7.26. The second-order valence-electron chi connectivity index (χ2n) is 12.8. The van der Waals surface area contributed by atoms with Crippen molar-refractivity contribution < 1.29 is 0 Å². The lowest BCUT2D eigenvalue weighted by atomic mass is 9.99. The number of para-hydroxylation sites is 1. The largest absolute Gasteiger partial charge is 0.308 e. The van der Waals surface area contributed by atoms with Crippen molar-refractivity contribution in [1.29, 1.82) is 0 Å². The van der Waals surface area contributed by atoms with Gasteiger partial charge in [0, 0.05) is 58.4 Å². The summed E-state index contributed by atoms with van der Waals surface area (Å²) in [5.74, 6) is 1.97. The van der Waals surface area contributed by atoms with Crippen molar-refractivity contribution in [2.75, 3.05) is 0 Å². The molecule has 0 aliphatic rings. The van der Waals surface area contributed by atoms with E-state index in [-0.39, 0.29) is 0 Å². The number of nitrogens with zero attached hydrogens (tertiary/aromatic N) is 4. The molecule has 4 nitrogen and oxygen atoms in total. The summed E-state index contributed by atoms with van der Waals surface area (Å²) < 4.78 is 5.16. The van der Waals surface area contributed by atoms with Crippen molar-refractivity contribution in [1.82, 2.24) is 19.4 Å². The lowest BCUT2D eigenvalue weighted by Crippen LogP contribution is -2.00. The van der Waals surface area contributed by atoms with Crippen LogP contribution in [0.4, 0.5) is 0 Å². The molecule has 0 fully saturated rings. The van der Waals surface area contributed by atoms with Gasteiger partial charge in [0.2, 0.25) is 0 Å². The molecule has 4 aromatic heterocycles. The number of benzene rings is 7. The molecule has 4 heterocycles. The number of hydrogen-bond donors (Lipinski definition) is 0. The second-order valence-corrected chi connectivity index (χ2v) is 13.9. The third-order valence-corrected chi connectivity index (χ3v) is 11.2. The van der Waals surface area contributed by atoms with Crippen LogP contribution in [-0.4, -0.2) is 19.4 Å². The molecule has 7 aromatic carbocycles. The highest BCUT2D eigenvalue weighted by Gasteiger charge is 2.22. The van der Waals surface area contributed by atoms with Crippen LogP contribution in [0.3, 0.4) is 0 Å².